The van der Waals surface area contributed by atoms with Gasteiger partial charge in [-0.15, -0.1) is 11.3 Å². The lowest BCUT2D eigenvalue weighted by molar-refractivity contribution is 0.171. The van der Waals surface area contributed by atoms with Crippen LogP contribution < -0.4 is 9.64 Å². The highest BCUT2D eigenvalue weighted by molar-refractivity contribution is 7.16. The highest BCUT2D eigenvalue weighted by Crippen LogP contribution is 2.31. The van der Waals surface area contributed by atoms with E-state index in [-0.39, 0.29) is 6.10 Å². The fraction of sp³-hybridized carbons (Fsp3) is 0.278. The average molecular weight is 378 g/mol. The number of nitrogens with zero attached hydrogens (tertiary/aromatic N) is 2. The van der Waals surface area contributed by atoms with E-state index in [2.05, 4.69) is 33.6 Å². The normalized spacial score (nSPS) is 15.8. The fourth-order valence-corrected chi connectivity index (χ4v) is 4.22. The predicted octanol–water partition coefficient (Wildman–Crippen LogP) is 5.45. The summed E-state index contributed by atoms with van der Waals surface area (Å²) in [7, 11) is 0. The Labute approximate surface area is 154 Å². The summed E-state index contributed by atoms with van der Waals surface area (Å²) < 4.78 is 7.24. The third-order valence-corrected chi connectivity index (χ3v) is 5.38. The van der Waals surface area contributed by atoms with E-state index in [1.807, 2.05) is 12.1 Å². The lowest BCUT2D eigenvalue weighted by atomic mass is 10.1. The molecule has 0 atom stereocenters. The fourth-order valence-electron chi connectivity index (χ4n) is 3.08. The minimum Gasteiger partial charge on any atom is -0.490 e. The molecule has 0 bridgehead atoms. The second kappa shape index (κ2) is 6.79. The first-order valence-electron chi connectivity index (χ1n) is 7.82. The molecule has 2 heterocycles. The van der Waals surface area contributed by atoms with Crippen LogP contribution in [0.1, 0.15) is 12.8 Å². The van der Waals surface area contributed by atoms with Gasteiger partial charge in [-0.1, -0.05) is 29.3 Å². The van der Waals surface area contributed by atoms with Crippen molar-refractivity contribution in [3.8, 4) is 5.75 Å². The molecule has 0 aliphatic carbocycles. The topological polar surface area (TPSA) is 25.4 Å². The summed E-state index contributed by atoms with van der Waals surface area (Å²) in [5.41, 5.74) is 5.22. The molecule has 0 saturated carbocycles. The van der Waals surface area contributed by atoms with Crippen molar-refractivity contribution >= 4 is 50.4 Å². The quantitative estimate of drug-likeness (QED) is 0.606. The zero-order valence-corrected chi connectivity index (χ0v) is 15.2. The van der Waals surface area contributed by atoms with Crippen molar-refractivity contribution in [1.82, 2.24) is 4.98 Å². The molecule has 3 aromatic rings. The summed E-state index contributed by atoms with van der Waals surface area (Å²) in [6, 6.07) is 11.6. The molecule has 1 fully saturated rings. The summed E-state index contributed by atoms with van der Waals surface area (Å²) in [5.74, 6) is 0.738. The van der Waals surface area contributed by atoms with Crippen LogP contribution in [-0.4, -0.2) is 24.2 Å². The van der Waals surface area contributed by atoms with Gasteiger partial charge in [0.05, 0.1) is 10.4 Å². The van der Waals surface area contributed by atoms with E-state index >= 15 is 0 Å². The number of anilines is 1. The van der Waals surface area contributed by atoms with Crippen molar-refractivity contribution < 1.29 is 4.74 Å². The number of thiazole rings is 1. The molecule has 24 heavy (non-hydrogen) atoms. The number of benzene rings is 2. The summed E-state index contributed by atoms with van der Waals surface area (Å²) in [4.78, 5) is 6.77. The monoisotopic (exact) mass is 377 g/mol. The number of halogens is 2. The molecule has 0 unspecified atom stereocenters. The number of para-hydroxylation sites is 1. The lowest BCUT2D eigenvalue weighted by Gasteiger charge is -2.33. The van der Waals surface area contributed by atoms with Crippen molar-refractivity contribution in [2.45, 2.75) is 18.9 Å². The third kappa shape index (κ3) is 3.32. The number of fused-ring (bicyclic) bond motifs is 1. The number of piperidine rings is 1. The van der Waals surface area contributed by atoms with Crippen molar-refractivity contribution in [3.63, 3.8) is 0 Å². The van der Waals surface area contributed by atoms with Gasteiger partial charge in [-0.05, 0) is 30.3 Å². The minimum atomic E-state index is 0.178. The molecule has 123 valence electrons. The zero-order valence-electron chi connectivity index (χ0n) is 12.8. The number of hydrogen-bond donors (Lipinski definition) is 0. The minimum absolute atomic E-state index is 0.178. The molecule has 0 amide bonds. The molecule has 1 saturated heterocycles. The van der Waals surface area contributed by atoms with Crippen LogP contribution in [0.25, 0.3) is 10.2 Å². The first-order valence-corrected chi connectivity index (χ1v) is 9.39. The Morgan fingerprint density at radius 1 is 1.12 bits per heavy atom. The lowest BCUT2D eigenvalue weighted by Crippen LogP contribution is -2.38. The van der Waals surface area contributed by atoms with E-state index in [4.69, 9.17) is 27.9 Å². The first kappa shape index (κ1) is 16.0. The van der Waals surface area contributed by atoms with E-state index < -0.39 is 0 Å². The molecule has 0 N–H and O–H groups in total. The van der Waals surface area contributed by atoms with Gasteiger partial charge in [-0.25, -0.2) is 4.98 Å². The predicted molar refractivity (Wildman–Crippen MR) is 101 cm³/mol. The molecule has 1 radical (unpaired) electrons. The highest BCUT2D eigenvalue weighted by atomic mass is 35.5. The van der Waals surface area contributed by atoms with Gasteiger partial charge in [-0.2, -0.15) is 0 Å². The van der Waals surface area contributed by atoms with Gasteiger partial charge in [0.1, 0.15) is 17.4 Å². The SMILES string of the molecule is Clc1cc(Cl)cc(OC2CCN(c3cccc4s[c]nc34)CC2)c1. The van der Waals surface area contributed by atoms with Crippen LogP contribution in [0.4, 0.5) is 5.69 Å². The molecule has 0 spiro atoms. The van der Waals surface area contributed by atoms with Crippen LogP contribution in [0, 0.1) is 5.51 Å². The maximum absolute atomic E-state index is 6.06. The van der Waals surface area contributed by atoms with Crippen LogP contribution in [-0.2, 0) is 0 Å². The van der Waals surface area contributed by atoms with Crippen molar-refractivity contribution in [2.75, 3.05) is 18.0 Å². The summed E-state index contributed by atoms with van der Waals surface area (Å²) in [6.07, 6.45) is 2.08. The van der Waals surface area contributed by atoms with Gasteiger partial charge in [0.25, 0.3) is 0 Å². The summed E-state index contributed by atoms with van der Waals surface area (Å²) in [6.45, 7) is 1.88. The summed E-state index contributed by atoms with van der Waals surface area (Å²) in [5, 5.41) is 1.20. The first-order chi connectivity index (χ1) is 11.7. The maximum Gasteiger partial charge on any atom is 0.153 e. The molecule has 6 heteroatoms. The van der Waals surface area contributed by atoms with Gasteiger partial charge in [0, 0.05) is 36.0 Å². The number of rotatable bonds is 3. The molecule has 1 aromatic heterocycles. The number of aromatic nitrogens is 1. The molecule has 1 aliphatic rings. The van der Waals surface area contributed by atoms with Gasteiger partial charge >= 0.3 is 0 Å². The molecule has 1 aliphatic heterocycles. The Kier molecular flexibility index (Phi) is 4.53. The highest BCUT2D eigenvalue weighted by Gasteiger charge is 2.22. The van der Waals surface area contributed by atoms with E-state index in [0.29, 0.717) is 10.0 Å². The Bertz CT molecular complexity index is 839. The van der Waals surface area contributed by atoms with Crippen LogP contribution >= 0.6 is 34.5 Å². The van der Waals surface area contributed by atoms with Crippen molar-refractivity contribution in [1.29, 1.82) is 0 Å². The zero-order chi connectivity index (χ0) is 16.5. The van der Waals surface area contributed by atoms with Gasteiger partial charge < -0.3 is 9.64 Å². The largest absolute Gasteiger partial charge is 0.490 e. The smallest absolute Gasteiger partial charge is 0.153 e. The Morgan fingerprint density at radius 2 is 1.88 bits per heavy atom. The molecule has 4 rings (SSSR count). The molecular weight excluding hydrogens is 363 g/mol. The van der Waals surface area contributed by atoms with Crippen molar-refractivity contribution in [3.05, 3.63) is 52.0 Å². The van der Waals surface area contributed by atoms with E-state index in [0.717, 1.165) is 37.2 Å². The molecule has 2 aromatic carbocycles. The number of ether oxygens (including phenoxy) is 1. The van der Waals surface area contributed by atoms with Crippen LogP contribution in [0.5, 0.6) is 5.75 Å². The molecular formula is C18H15Cl2N2OS. The van der Waals surface area contributed by atoms with Gasteiger partial charge in [0.15, 0.2) is 5.51 Å². The van der Waals surface area contributed by atoms with E-state index in [9.17, 15) is 0 Å². The van der Waals surface area contributed by atoms with Gasteiger partial charge in [-0.3, -0.25) is 0 Å². The van der Waals surface area contributed by atoms with E-state index in [1.165, 1.54) is 10.4 Å². The van der Waals surface area contributed by atoms with E-state index in [1.54, 1.807) is 17.4 Å². The second-order valence-corrected chi connectivity index (χ2v) is 7.54. The van der Waals surface area contributed by atoms with Crippen molar-refractivity contribution in [2.24, 2.45) is 0 Å². The number of hydrogen-bond acceptors (Lipinski definition) is 4. The van der Waals surface area contributed by atoms with Gasteiger partial charge in [0.2, 0.25) is 0 Å². The standard InChI is InChI=1S/C18H15Cl2N2OS/c19-12-8-13(20)10-15(9-12)23-14-4-6-22(7-5-14)16-2-1-3-17-18(16)21-11-24-17/h1-3,8-10,14H,4-7H2. The Balaban J connectivity index is 1.44. The molecule has 3 nitrogen and oxygen atoms in total. The second-order valence-electron chi connectivity index (χ2n) is 5.84. The average Bonchev–Trinajstić information content (AvgIpc) is 3.03. The van der Waals surface area contributed by atoms with Crippen LogP contribution in [0.15, 0.2) is 36.4 Å². The maximum atomic E-state index is 6.06. The van der Waals surface area contributed by atoms with Crippen LogP contribution in [0.3, 0.4) is 0 Å². The summed E-state index contributed by atoms with van der Waals surface area (Å²) >= 11 is 13.6. The van der Waals surface area contributed by atoms with Crippen LogP contribution in [0.2, 0.25) is 10.0 Å². The third-order valence-electron chi connectivity index (χ3n) is 4.21. The Hall–Kier alpha value is -1.49. The Morgan fingerprint density at radius 3 is 2.62 bits per heavy atom.